The summed E-state index contributed by atoms with van der Waals surface area (Å²) in [5.41, 5.74) is 2.50. The second-order valence-corrected chi connectivity index (χ2v) is 7.26. The van der Waals surface area contributed by atoms with Crippen LogP contribution in [0.2, 0.25) is 0 Å². The van der Waals surface area contributed by atoms with E-state index in [1.165, 1.54) is 34.3 Å². The Kier molecular flexibility index (Phi) is 7.60. The molecule has 1 aliphatic heterocycles. The fourth-order valence-corrected chi connectivity index (χ4v) is 3.68. The maximum Gasteiger partial charge on any atom is 0.394 e. The Morgan fingerprint density at radius 1 is 1.15 bits per heavy atom. The lowest BCUT2D eigenvalue weighted by atomic mass is 10.1. The van der Waals surface area contributed by atoms with Gasteiger partial charge in [-0.05, 0) is 24.1 Å². The van der Waals surface area contributed by atoms with Crippen molar-refractivity contribution in [3.63, 3.8) is 0 Å². The van der Waals surface area contributed by atoms with E-state index in [0.29, 0.717) is 0 Å². The number of hydrogen-bond acceptors (Lipinski definition) is 5. The van der Waals surface area contributed by atoms with Gasteiger partial charge in [0.25, 0.3) is 0 Å². The van der Waals surface area contributed by atoms with Crippen molar-refractivity contribution in [1.29, 1.82) is 0 Å². The van der Waals surface area contributed by atoms with E-state index < -0.39 is 10.4 Å². The molecule has 8 heteroatoms. The minimum absolute atomic E-state index is 1.09. The molecular formula is C12H17NO4S3. The summed E-state index contributed by atoms with van der Waals surface area (Å²) in [6.07, 6.45) is 2.37. The van der Waals surface area contributed by atoms with Crippen LogP contribution >= 0.6 is 23.5 Å². The standard InChI is InChI=1S/C12H15NS2.H2O4S/c1-2-3-10-4-6-11(7-5-10)13-12-14-8-9-15-12;1-5(2,3)4/h4-7H,2-3,8-9H2,1H3;(H2,1,2,3,4). The molecule has 0 saturated carbocycles. The maximum atomic E-state index is 8.74. The maximum absolute atomic E-state index is 8.74. The third-order valence-electron chi connectivity index (χ3n) is 2.23. The van der Waals surface area contributed by atoms with E-state index in [0.717, 1.165) is 5.69 Å². The monoisotopic (exact) mass is 335 g/mol. The molecule has 0 aromatic heterocycles. The van der Waals surface area contributed by atoms with E-state index in [1.807, 2.05) is 23.5 Å². The first-order chi connectivity index (χ1) is 9.38. The second kappa shape index (κ2) is 8.68. The van der Waals surface area contributed by atoms with Crippen molar-refractivity contribution in [2.75, 3.05) is 11.5 Å². The van der Waals surface area contributed by atoms with Crippen LogP contribution in [-0.4, -0.2) is 33.4 Å². The summed E-state index contributed by atoms with van der Waals surface area (Å²) in [6.45, 7) is 2.21. The summed E-state index contributed by atoms with van der Waals surface area (Å²) in [7, 11) is -4.67. The average molecular weight is 335 g/mol. The molecule has 5 nitrogen and oxygen atoms in total. The molecule has 0 radical (unpaired) electrons. The first kappa shape index (κ1) is 17.5. The molecule has 0 amide bonds. The molecule has 0 spiro atoms. The Morgan fingerprint density at radius 3 is 2.10 bits per heavy atom. The highest BCUT2D eigenvalue weighted by Gasteiger charge is 2.09. The van der Waals surface area contributed by atoms with Crippen molar-refractivity contribution < 1.29 is 17.5 Å². The van der Waals surface area contributed by atoms with Crippen LogP contribution in [0.15, 0.2) is 29.3 Å². The fourth-order valence-electron chi connectivity index (χ4n) is 1.50. The molecule has 112 valence electrons. The molecule has 1 fully saturated rings. The number of nitrogens with zero attached hydrogens (tertiary/aromatic N) is 1. The first-order valence-corrected chi connectivity index (χ1v) is 9.38. The lowest BCUT2D eigenvalue weighted by Gasteiger charge is -1.99. The van der Waals surface area contributed by atoms with Gasteiger partial charge >= 0.3 is 10.4 Å². The summed E-state index contributed by atoms with van der Waals surface area (Å²) < 4.78 is 32.8. The van der Waals surface area contributed by atoms with Gasteiger partial charge in [0.05, 0.1) is 5.69 Å². The lowest BCUT2D eigenvalue weighted by molar-refractivity contribution is 0.381. The highest BCUT2D eigenvalue weighted by Crippen LogP contribution is 2.29. The molecule has 1 aliphatic rings. The van der Waals surface area contributed by atoms with Crippen LogP contribution in [0.25, 0.3) is 0 Å². The summed E-state index contributed by atoms with van der Waals surface area (Å²) in [6, 6.07) is 8.62. The van der Waals surface area contributed by atoms with Crippen molar-refractivity contribution >= 4 is 44.0 Å². The van der Waals surface area contributed by atoms with Crippen molar-refractivity contribution in [2.24, 2.45) is 4.99 Å². The normalized spacial score (nSPS) is 14.7. The van der Waals surface area contributed by atoms with E-state index in [1.54, 1.807) is 0 Å². The zero-order chi connectivity index (χ0) is 15.0. The van der Waals surface area contributed by atoms with Gasteiger partial charge in [0.1, 0.15) is 4.38 Å². The van der Waals surface area contributed by atoms with E-state index in [4.69, 9.17) is 17.5 Å². The third kappa shape index (κ3) is 8.60. The van der Waals surface area contributed by atoms with Crippen LogP contribution < -0.4 is 0 Å². The van der Waals surface area contributed by atoms with Gasteiger partial charge in [-0.2, -0.15) is 8.42 Å². The van der Waals surface area contributed by atoms with E-state index >= 15 is 0 Å². The summed E-state index contributed by atoms with van der Waals surface area (Å²) >= 11 is 3.73. The van der Waals surface area contributed by atoms with E-state index in [9.17, 15) is 0 Å². The van der Waals surface area contributed by atoms with Gasteiger partial charge < -0.3 is 0 Å². The number of aryl methyl sites for hydroxylation is 1. The third-order valence-corrected chi connectivity index (χ3v) is 4.69. The Balaban J connectivity index is 0.000000347. The molecule has 0 aliphatic carbocycles. The number of rotatable bonds is 3. The van der Waals surface area contributed by atoms with Gasteiger partial charge in [-0.3, -0.25) is 9.11 Å². The SMILES string of the molecule is CCCc1ccc(N=C2SCCS2)cc1.O=S(=O)(O)O. The molecule has 1 aromatic rings. The second-order valence-electron chi connectivity index (χ2n) is 3.94. The summed E-state index contributed by atoms with van der Waals surface area (Å²) in [5.74, 6) is 2.41. The van der Waals surface area contributed by atoms with Crippen LogP contribution in [0, 0.1) is 0 Å². The van der Waals surface area contributed by atoms with Crippen LogP contribution in [0.5, 0.6) is 0 Å². The highest BCUT2D eigenvalue weighted by atomic mass is 32.3. The van der Waals surface area contributed by atoms with Gasteiger partial charge in [0, 0.05) is 11.5 Å². The minimum atomic E-state index is -4.67. The Labute approximate surface area is 127 Å². The number of hydrogen-bond donors (Lipinski definition) is 2. The molecule has 2 N–H and O–H groups in total. The minimum Gasteiger partial charge on any atom is -0.264 e. The topological polar surface area (TPSA) is 87.0 Å². The number of thioether (sulfide) groups is 2. The van der Waals surface area contributed by atoms with Crippen LogP contribution in [0.3, 0.4) is 0 Å². The molecule has 0 unspecified atom stereocenters. The van der Waals surface area contributed by atoms with Crippen molar-refractivity contribution in [2.45, 2.75) is 19.8 Å². The molecule has 20 heavy (non-hydrogen) atoms. The Hall–Kier alpha value is -0.540. The van der Waals surface area contributed by atoms with E-state index in [2.05, 4.69) is 36.2 Å². The van der Waals surface area contributed by atoms with Crippen LogP contribution in [-0.2, 0) is 16.8 Å². The van der Waals surface area contributed by atoms with Gasteiger partial charge in [-0.25, -0.2) is 4.99 Å². The van der Waals surface area contributed by atoms with E-state index in [-0.39, 0.29) is 0 Å². The van der Waals surface area contributed by atoms with Crippen molar-refractivity contribution in [3.05, 3.63) is 29.8 Å². The number of benzene rings is 1. The van der Waals surface area contributed by atoms with Gasteiger partial charge in [0.2, 0.25) is 0 Å². The van der Waals surface area contributed by atoms with Crippen LogP contribution in [0.4, 0.5) is 5.69 Å². The molecule has 2 rings (SSSR count). The highest BCUT2D eigenvalue weighted by molar-refractivity contribution is 8.41. The Morgan fingerprint density at radius 2 is 1.65 bits per heavy atom. The molecular weight excluding hydrogens is 318 g/mol. The smallest absolute Gasteiger partial charge is 0.264 e. The number of aliphatic imine (C=N–C) groups is 1. The predicted octanol–water partition coefficient (Wildman–Crippen LogP) is 3.45. The Bertz CT molecular complexity index is 524. The van der Waals surface area contributed by atoms with Gasteiger partial charge in [-0.15, -0.1) is 0 Å². The lowest BCUT2D eigenvalue weighted by Crippen LogP contribution is -1.89. The largest absolute Gasteiger partial charge is 0.394 e. The zero-order valence-electron chi connectivity index (χ0n) is 11.0. The average Bonchev–Trinajstić information content (AvgIpc) is 2.83. The van der Waals surface area contributed by atoms with Gasteiger partial charge in [-0.1, -0.05) is 49.0 Å². The molecule has 0 bridgehead atoms. The van der Waals surface area contributed by atoms with Crippen LogP contribution in [0.1, 0.15) is 18.9 Å². The fraction of sp³-hybridized carbons (Fsp3) is 0.417. The molecule has 1 saturated heterocycles. The molecule has 0 atom stereocenters. The first-order valence-electron chi connectivity index (χ1n) is 6.01. The van der Waals surface area contributed by atoms with Crippen molar-refractivity contribution in [3.8, 4) is 0 Å². The summed E-state index contributed by atoms with van der Waals surface area (Å²) in [5, 5.41) is 0. The predicted molar refractivity (Wildman–Crippen MR) is 86.6 cm³/mol. The van der Waals surface area contributed by atoms with Crippen molar-refractivity contribution in [1.82, 2.24) is 0 Å². The quantitative estimate of drug-likeness (QED) is 0.823. The zero-order valence-corrected chi connectivity index (χ0v) is 13.5. The summed E-state index contributed by atoms with van der Waals surface area (Å²) in [4.78, 5) is 4.60. The molecule has 1 heterocycles. The van der Waals surface area contributed by atoms with Gasteiger partial charge in [0.15, 0.2) is 0 Å². The molecule has 1 aromatic carbocycles.